The number of piperidine rings is 1. The number of carbonyl (C=O) groups excluding carboxylic acids is 2. The van der Waals surface area contributed by atoms with Crippen LogP contribution in [-0.4, -0.2) is 69.6 Å². The van der Waals surface area contributed by atoms with Crippen molar-refractivity contribution in [3.05, 3.63) is 55.0 Å². The van der Waals surface area contributed by atoms with Gasteiger partial charge in [0.15, 0.2) is 0 Å². The monoisotopic (exact) mass is 483 g/mol. The standard InChI is InChI=1S/C26H25N7O3/c1-15-19-13-28-21-4-3-20(17-11-16-5-8-27-25(16)29-12-17)31-23(21)24(19)33(26(35)30-15)18-6-9-32(10-7-18)22(34)14-36-2/h3-5,8,11-13,18H,1,6-7,9-10,14H2,2H3,(H,27,29)(H,30,35). The Morgan fingerprint density at radius 1 is 1.19 bits per heavy atom. The second-order valence-electron chi connectivity index (χ2n) is 9.05. The molecular formula is C26H25N7O3. The summed E-state index contributed by atoms with van der Waals surface area (Å²) in [5.41, 5.74) is 5.68. The van der Waals surface area contributed by atoms with Crippen LogP contribution in [0.5, 0.6) is 0 Å². The van der Waals surface area contributed by atoms with Crippen LogP contribution in [0.3, 0.4) is 0 Å². The number of H-pyrrole nitrogens is 1. The van der Waals surface area contributed by atoms with Crippen LogP contribution in [0.4, 0.5) is 10.5 Å². The Morgan fingerprint density at radius 3 is 2.83 bits per heavy atom. The molecule has 2 N–H and O–H groups in total. The van der Waals surface area contributed by atoms with Crippen LogP contribution in [0.2, 0.25) is 0 Å². The Hall–Kier alpha value is -4.31. The molecule has 10 heteroatoms. The van der Waals surface area contributed by atoms with Gasteiger partial charge in [-0.2, -0.15) is 0 Å². The minimum absolute atomic E-state index is 0.0400. The lowest BCUT2D eigenvalue weighted by molar-refractivity contribution is -0.136. The van der Waals surface area contributed by atoms with Gasteiger partial charge in [0.25, 0.3) is 0 Å². The van der Waals surface area contributed by atoms with Crippen molar-refractivity contribution >= 4 is 45.4 Å². The minimum atomic E-state index is -0.246. The van der Waals surface area contributed by atoms with Gasteiger partial charge in [-0.15, -0.1) is 0 Å². The first-order valence-electron chi connectivity index (χ1n) is 11.8. The van der Waals surface area contributed by atoms with E-state index in [0.29, 0.717) is 48.3 Å². The zero-order valence-electron chi connectivity index (χ0n) is 19.8. The third-order valence-electron chi connectivity index (χ3n) is 6.87. The molecule has 182 valence electrons. The van der Waals surface area contributed by atoms with Gasteiger partial charge >= 0.3 is 6.03 Å². The number of methoxy groups -OCH3 is 1. The number of nitrogens with one attached hydrogen (secondary N) is 2. The Labute approximate surface area is 207 Å². The van der Waals surface area contributed by atoms with E-state index in [0.717, 1.165) is 27.9 Å². The number of fused-ring (bicyclic) bond motifs is 4. The fraction of sp³-hybridized carbons (Fsp3) is 0.269. The van der Waals surface area contributed by atoms with Gasteiger partial charge in [-0.05, 0) is 37.1 Å². The van der Waals surface area contributed by atoms with Crippen LogP contribution in [-0.2, 0) is 9.53 Å². The fourth-order valence-electron chi connectivity index (χ4n) is 5.05. The highest BCUT2D eigenvalue weighted by molar-refractivity contribution is 6.11. The van der Waals surface area contributed by atoms with Gasteiger partial charge in [-0.3, -0.25) is 14.7 Å². The van der Waals surface area contributed by atoms with Gasteiger partial charge < -0.3 is 19.9 Å². The van der Waals surface area contributed by atoms with Crippen molar-refractivity contribution in [1.82, 2.24) is 30.2 Å². The number of aromatic amines is 1. The van der Waals surface area contributed by atoms with Crippen LogP contribution >= 0.6 is 0 Å². The fourth-order valence-corrected chi connectivity index (χ4v) is 5.05. The van der Waals surface area contributed by atoms with E-state index in [1.807, 2.05) is 30.5 Å². The molecule has 1 fully saturated rings. The number of hydrogen-bond donors (Lipinski definition) is 2. The molecule has 0 unspecified atom stereocenters. The normalized spacial score (nSPS) is 16.5. The van der Waals surface area contributed by atoms with Gasteiger partial charge in [-0.25, -0.2) is 14.8 Å². The second-order valence-corrected chi connectivity index (χ2v) is 9.05. The largest absolute Gasteiger partial charge is 0.375 e. The van der Waals surface area contributed by atoms with E-state index in [4.69, 9.17) is 9.72 Å². The lowest BCUT2D eigenvalue weighted by Crippen LogP contribution is -2.54. The van der Waals surface area contributed by atoms with Gasteiger partial charge in [0.2, 0.25) is 5.91 Å². The second kappa shape index (κ2) is 8.72. The van der Waals surface area contributed by atoms with E-state index in [1.165, 1.54) is 7.11 Å². The summed E-state index contributed by atoms with van der Waals surface area (Å²) in [5.74, 6) is -0.0400. The number of aromatic nitrogens is 4. The molecular weight excluding hydrogens is 458 g/mol. The summed E-state index contributed by atoms with van der Waals surface area (Å²) in [6.45, 7) is 5.21. The summed E-state index contributed by atoms with van der Waals surface area (Å²) < 4.78 is 4.99. The third-order valence-corrected chi connectivity index (χ3v) is 6.87. The summed E-state index contributed by atoms with van der Waals surface area (Å²) in [7, 11) is 1.51. The van der Waals surface area contributed by atoms with Crippen LogP contribution in [0.25, 0.3) is 39.0 Å². The molecule has 0 radical (unpaired) electrons. The first-order valence-corrected chi connectivity index (χ1v) is 11.8. The number of carbonyl (C=O) groups is 2. The third kappa shape index (κ3) is 3.66. The van der Waals surface area contributed by atoms with Gasteiger partial charge in [0.1, 0.15) is 17.8 Å². The quantitative estimate of drug-likeness (QED) is 0.460. The summed E-state index contributed by atoms with van der Waals surface area (Å²) in [6.07, 6.45) is 6.66. The lowest BCUT2D eigenvalue weighted by atomic mass is 9.99. The average Bonchev–Trinajstić information content (AvgIpc) is 3.37. The number of hydrogen-bond acceptors (Lipinski definition) is 6. The zero-order chi connectivity index (χ0) is 24.8. The van der Waals surface area contributed by atoms with E-state index >= 15 is 0 Å². The van der Waals surface area contributed by atoms with Crippen molar-refractivity contribution in [2.24, 2.45) is 0 Å². The Morgan fingerprint density at radius 2 is 2.03 bits per heavy atom. The van der Waals surface area contributed by atoms with E-state index in [2.05, 4.69) is 26.8 Å². The molecule has 3 amide bonds. The SMILES string of the molecule is C=C1NC(=O)N(C2CCN(C(=O)COC)CC2)c2c1cnc1ccc(-c3cnc4[nH]ccc4c3)nc21. The molecule has 4 aromatic heterocycles. The maximum atomic E-state index is 13.3. The van der Waals surface area contributed by atoms with Crippen LogP contribution in [0.1, 0.15) is 18.4 Å². The molecule has 0 aromatic carbocycles. The van der Waals surface area contributed by atoms with E-state index in [-0.39, 0.29) is 24.6 Å². The minimum Gasteiger partial charge on any atom is -0.375 e. The lowest BCUT2D eigenvalue weighted by Gasteiger charge is -2.41. The number of likely N-dealkylation sites (tertiary alicyclic amines) is 1. The summed E-state index contributed by atoms with van der Waals surface area (Å²) in [4.78, 5) is 46.3. The molecule has 4 aromatic rings. The average molecular weight is 484 g/mol. The van der Waals surface area contributed by atoms with E-state index in [9.17, 15) is 9.59 Å². The van der Waals surface area contributed by atoms with Crippen molar-refractivity contribution in [3.8, 4) is 11.3 Å². The number of amides is 3. The predicted molar refractivity (Wildman–Crippen MR) is 136 cm³/mol. The number of urea groups is 1. The molecule has 6 rings (SSSR count). The molecule has 1 saturated heterocycles. The molecule has 36 heavy (non-hydrogen) atoms. The molecule has 0 saturated carbocycles. The number of ether oxygens (including phenoxy) is 1. The molecule has 6 heterocycles. The summed E-state index contributed by atoms with van der Waals surface area (Å²) in [5, 5.41) is 3.87. The van der Waals surface area contributed by atoms with Crippen molar-refractivity contribution in [2.45, 2.75) is 18.9 Å². The van der Waals surface area contributed by atoms with E-state index < -0.39 is 0 Å². The van der Waals surface area contributed by atoms with Crippen LogP contribution < -0.4 is 10.2 Å². The molecule has 0 atom stereocenters. The first-order chi connectivity index (χ1) is 17.5. The Kier molecular flexibility index (Phi) is 5.37. The van der Waals surface area contributed by atoms with Crippen molar-refractivity contribution in [3.63, 3.8) is 0 Å². The maximum Gasteiger partial charge on any atom is 0.326 e. The smallest absolute Gasteiger partial charge is 0.326 e. The molecule has 0 aliphatic carbocycles. The Balaban J connectivity index is 1.42. The highest BCUT2D eigenvalue weighted by Gasteiger charge is 2.37. The Bertz CT molecular complexity index is 1520. The van der Waals surface area contributed by atoms with Crippen molar-refractivity contribution in [2.75, 3.05) is 31.7 Å². The number of pyridine rings is 3. The van der Waals surface area contributed by atoms with Crippen molar-refractivity contribution in [1.29, 1.82) is 0 Å². The van der Waals surface area contributed by atoms with Gasteiger partial charge in [0, 0.05) is 67.0 Å². The molecule has 0 spiro atoms. The number of rotatable bonds is 4. The zero-order valence-corrected chi connectivity index (χ0v) is 19.8. The molecule has 2 aliphatic heterocycles. The first kappa shape index (κ1) is 22.2. The summed E-state index contributed by atoms with van der Waals surface area (Å²) >= 11 is 0. The highest BCUT2D eigenvalue weighted by Crippen LogP contribution is 2.38. The van der Waals surface area contributed by atoms with Crippen LogP contribution in [0, 0.1) is 0 Å². The highest BCUT2D eigenvalue weighted by atomic mass is 16.5. The van der Waals surface area contributed by atoms with Crippen LogP contribution in [0.15, 0.2) is 49.4 Å². The molecule has 0 bridgehead atoms. The van der Waals surface area contributed by atoms with E-state index in [1.54, 1.807) is 22.2 Å². The number of anilines is 1. The summed E-state index contributed by atoms with van der Waals surface area (Å²) in [6, 6.07) is 7.49. The predicted octanol–water partition coefficient (Wildman–Crippen LogP) is 3.31. The van der Waals surface area contributed by atoms with Crippen molar-refractivity contribution < 1.29 is 14.3 Å². The molecule has 2 aliphatic rings. The topological polar surface area (TPSA) is 116 Å². The van der Waals surface area contributed by atoms with Gasteiger partial charge in [0.05, 0.1) is 16.9 Å². The number of nitrogens with zero attached hydrogens (tertiary/aromatic N) is 5. The maximum absolute atomic E-state index is 13.3. The molecule has 10 nitrogen and oxygen atoms in total. The van der Waals surface area contributed by atoms with Gasteiger partial charge in [-0.1, -0.05) is 6.58 Å².